The van der Waals surface area contributed by atoms with Crippen LogP contribution in [0.15, 0.2) is 29.3 Å². The van der Waals surface area contributed by atoms with E-state index in [1.54, 1.807) is 34.1 Å². The van der Waals surface area contributed by atoms with Crippen molar-refractivity contribution in [2.24, 2.45) is 0 Å². The third-order valence-electron chi connectivity index (χ3n) is 6.09. The molecule has 2 aliphatic heterocycles. The first-order chi connectivity index (χ1) is 15.2. The van der Waals surface area contributed by atoms with Gasteiger partial charge in [-0.1, -0.05) is 6.07 Å². The highest BCUT2D eigenvalue weighted by Gasteiger charge is 2.51. The zero-order valence-corrected chi connectivity index (χ0v) is 19.7. The molecule has 32 heavy (non-hydrogen) atoms. The van der Waals surface area contributed by atoms with Crippen LogP contribution in [0, 0.1) is 0 Å². The Morgan fingerprint density at radius 2 is 1.84 bits per heavy atom. The topological polar surface area (TPSA) is 111 Å². The lowest BCUT2D eigenvalue weighted by Crippen LogP contribution is -2.50. The zero-order valence-electron chi connectivity index (χ0n) is 18.9. The Balaban J connectivity index is 1.68. The molecule has 1 spiro atoms. The van der Waals surface area contributed by atoms with E-state index in [0.29, 0.717) is 30.0 Å². The summed E-state index contributed by atoms with van der Waals surface area (Å²) in [6.07, 6.45) is 1.07. The monoisotopic (exact) mass is 466 g/mol. The normalized spacial score (nSPS) is 18.6. The van der Waals surface area contributed by atoms with Gasteiger partial charge in [-0.2, -0.15) is 0 Å². The second-order valence-corrected chi connectivity index (χ2v) is 10.1. The van der Waals surface area contributed by atoms with Crippen molar-refractivity contribution in [1.82, 2.24) is 9.62 Å². The summed E-state index contributed by atoms with van der Waals surface area (Å²) in [6, 6.07) is 5.55. The molecule has 1 amide bonds. The maximum atomic E-state index is 13.0. The van der Waals surface area contributed by atoms with Gasteiger partial charge in [0.25, 0.3) is 5.91 Å². The molecule has 9 nitrogen and oxygen atoms in total. The Morgan fingerprint density at radius 1 is 1.19 bits per heavy atom. The minimum Gasteiger partial charge on any atom is -0.493 e. The first-order valence-corrected chi connectivity index (χ1v) is 12.2. The summed E-state index contributed by atoms with van der Waals surface area (Å²) in [6.45, 7) is 3.94. The van der Waals surface area contributed by atoms with Gasteiger partial charge in [-0.15, -0.1) is 0 Å². The lowest BCUT2D eigenvalue weighted by molar-refractivity contribution is -0.150. The molecule has 2 heterocycles. The minimum absolute atomic E-state index is 0.0120. The number of piperidine rings is 1. The van der Waals surface area contributed by atoms with Crippen LogP contribution in [0.4, 0.5) is 0 Å². The van der Waals surface area contributed by atoms with Crippen LogP contribution in [-0.4, -0.2) is 69.8 Å². The Morgan fingerprint density at radius 3 is 2.44 bits per heavy atom. The van der Waals surface area contributed by atoms with Gasteiger partial charge in [0.2, 0.25) is 10.0 Å². The standard InChI is InChI=1S/C22H30N2O7S/c1-5-32(27,28)24-12-9-22(10-13-24)19(15(2)21(26)31-22)20(25)23-11-8-16-6-7-17(29-3)18(14-16)30-4/h6-7,14H,5,8-13H2,1-4H3,(H,23,25). The molecule has 1 N–H and O–H groups in total. The molecule has 1 fully saturated rings. The molecule has 0 unspecified atom stereocenters. The fraction of sp³-hybridized carbons (Fsp3) is 0.545. The number of carbonyl (C=O) groups is 2. The summed E-state index contributed by atoms with van der Waals surface area (Å²) in [4.78, 5) is 25.4. The zero-order chi connectivity index (χ0) is 23.5. The van der Waals surface area contributed by atoms with Gasteiger partial charge in [-0.3, -0.25) is 4.79 Å². The van der Waals surface area contributed by atoms with Gasteiger partial charge in [0.15, 0.2) is 11.5 Å². The van der Waals surface area contributed by atoms with Crippen molar-refractivity contribution in [2.45, 2.75) is 38.7 Å². The summed E-state index contributed by atoms with van der Waals surface area (Å²) in [5.41, 5.74) is 0.470. The van der Waals surface area contributed by atoms with E-state index in [0.717, 1.165) is 5.56 Å². The molecule has 0 radical (unpaired) electrons. The van der Waals surface area contributed by atoms with E-state index in [9.17, 15) is 18.0 Å². The fourth-order valence-corrected chi connectivity index (χ4v) is 5.34. The van der Waals surface area contributed by atoms with E-state index in [1.807, 2.05) is 12.1 Å². The number of hydrogen-bond donors (Lipinski definition) is 1. The second kappa shape index (κ2) is 9.50. The van der Waals surface area contributed by atoms with Crippen LogP contribution in [-0.2, 0) is 30.8 Å². The van der Waals surface area contributed by atoms with Crippen molar-refractivity contribution in [3.05, 3.63) is 34.9 Å². The highest BCUT2D eigenvalue weighted by atomic mass is 32.2. The minimum atomic E-state index is -3.33. The third-order valence-corrected chi connectivity index (χ3v) is 7.97. The molecular formula is C22H30N2O7S. The molecule has 0 atom stereocenters. The maximum Gasteiger partial charge on any atom is 0.335 e. The number of nitrogens with one attached hydrogen (secondary N) is 1. The van der Waals surface area contributed by atoms with Gasteiger partial charge in [0.1, 0.15) is 5.60 Å². The lowest BCUT2D eigenvalue weighted by atomic mass is 9.83. The largest absolute Gasteiger partial charge is 0.493 e. The number of amides is 1. The number of esters is 1. The first kappa shape index (κ1) is 24.1. The number of methoxy groups -OCH3 is 2. The van der Waals surface area contributed by atoms with Gasteiger partial charge in [0.05, 0.1) is 25.5 Å². The molecule has 0 aliphatic carbocycles. The van der Waals surface area contributed by atoms with Crippen molar-refractivity contribution in [3.8, 4) is 11.5 Å². The van der Waals surface area contributed by atoms with E-state index < -0.39 is 21.6 Å². The number of sulfonamides is 1. The molecule has 1 aromatic carbocycles. The summed E-state index contributed by atoms with van der Waals surface area (Å²) >= 11 is 0. The number of rotatable bonds is 8. The number of nitrogens with zero attached hydrogens (tertiary/aromatic N) is 1. The van der Waals surface area contributed by atoms with E-state index in [4.69, 9.17) is 14.2 Å². The molecule has 3 rings (SSSR count). The fourth-order valence-electron chi connectivity index (χ4n) is 4.23. The van der Waals surface area contributed by atoms with Crippen LogP contribution >= 0.6 is 0 Å². The molecule has 0 aromatic heterocycles. The number of ether oxygens (including phenoxy) is 3. The van der Waals surface area contributed by atoms with Crippen LogP contribution in [0.25, 0.3) is 0 Å². The van der Waals surface area contributed by atoms with Gasteiger partial charge in [-0.05, 0) is 38.0 Å². The van der Waals surface area contributed by atoms with Crippen LogP contribution in [0.5, 0.6) is 11.5 Å². The van der Waals surface area contributed by atoms with Crippen LogP contribution < -0.4 is 14.8 Å². The van der Waals surface area contributed by atoms with Crippen molar-refractivity contribution in [2.75, 3.05) is 39.6 Å². The van der Waals surface area contributed by atoms with Crippen LogP contribution in [0.2, 0.25) is 0 Å². The van der Waals surface area contributed by atoms with Crippen LogP contribution in [0.1, 0.15) is 32.3 Å². The first-order valence-electron chi connectivity index (χ1n) is 10.6. The predicted octanol–water partition coefficient (Wildman–Crippen LogP) is 1.42. The molecule has 2 aliphatic rings. The van der Waals surface area contributed by atoms with Crippen molar-refractivity contribution in [1.29, 1.82) is 0 Å². The average molecular weight is 467 g/mol. The SMILES string of the molecule is CCS(=O)(=O)N1CCC2(CC1)OC(=O)C(C)=C2C(=O)NCCc1ccc(OC)c(OC)c1. The van der Waals surface area contributed by atoms with Gasteiger partial charge >= 0.3 is 5.97 Å². The molecule has 0 saturated carbocycles. The maximum absolute atomic E-state index is 13.0. The Hall–Kier alpha value is -2.59. The summed E-state index contributed by atoms with van der Waals surface area (Å²) in [7, 11) is -0.203. The molecule has 0 bridgehead atoms. The molecule has 1 aromatic rings. The molecule has 176 valence electrons. The average Bonchev–Trinajstić information content (AvgIpc) is 3.02. The van der Waals surface area contributed by atoms with E-state index in [-0.39, 0.29) is 43.2 Å². The quantitative estimate of drug-likeness (QED) is 0.577. The van der Waals surface area contributed by atoms with Gasteiger partial charge in [-0.25, -0.2) is 17.5 Å². The smallest absolute Gasteiger partial charge is 0.335 e. The van der Waals surface area contributed by atoms with Crippen molar-refractivity contribution >= 4 is 21.9 Å². The summed E-state index contributed by atoms with van der Waals surface area (Å²) < 4.78 is 41.9. The van der Waals surface area contributed by atoms with E-state index in [2.05, 4.69) is 5.32 Å². The Labute approximate surface area is 188 Å². The Kier molecular flexibility index (Phi) is 7.14. The Bertz CT molecular complexity index is 1020. The van der Waals surface area contributed by atoms with E-state index in [1.165, 1.54) is 4.31 Å². The third kappa shape index (κ3) is 4.61. The lowest BCUT2D eigenvalue weighted by Gasteiger charge is -2.38. The highest BCUT2D eigenvalue weighted by Crippen LogP contribution is 2.41. The van der Waals surface area contributed by atoms with Crippen LogP contribution in [0.3, 0.4) is 0 Å². The number of hydrogen-bond acceptors (Lipinski definition) is 7. The number of carbonyl (C=O) groups excluding carboxylic acids is 2. The molecular weight excluding hydrogens is 436 g/mol. The van der Waals surface area contributed by atoms with Crippen molar-refractivity contribution < 1.29 is 32.2 Å². The van der Waals surface area contributed by atoms with Gasteiger partial charge in [0, 0.05) is 38.0 Å². The molecule has 1 saturated heterocycles. The van der Waals surface area contributed by atoms with Gasteiger partial charge < -0.3 is 19.5 Å². The predicted molar refractivity (Wildman–Crippen MR) is 118 cm³/mol. The summed E-state index contributed by atoms with van der Waals surface area (Å²) in [5.74, 6) is 0.360. The second-order valence-electron chi connectivity index (χ2n) is 7.88. The molecule has 10 heteroatoms. The van der Waals surface area contributed by atoms with Crippen molar-refractivity contribution in [3.63, 3.8) is 0 Å². The number of benzene rings is 1. The van der Waals surface area contributed by atoms with E-state index >= 15 is 0 Å². The highest BCUT2D eigenvalue weighted by molar-refractivity contribution is 7.89. The summed E-state index contributed by atoms with van der Waals surface area (Å²) in [5, 5.41) is 2.88.